The molecule has 126 valence electrons. The average Bonchev–Trinajstić information content (AvgIpc) is 2.47. The molecule has 0 aliphatic rings. The molecule has 0 saturated carbocycles. The lowest BCUT2D eigenvalue weighted by molar-refractivity contribution is -0.301. The molecule has 1 aromatic carbocycles. The summed E-state index contributed by atoms with van der Waals surface area (Å²) in [5.74, 6) is -3.09. The van der Waals surface area contributed by atoms with Gasteiger partial charge in [-0.2, -0.15) is 0 Å². The van der Waals surface area contributed by atoms with Gasteiger partial charge in [-0.1, -0.05) is 29.3 Å². The summed E-state index contributed by atoms with van der Waals surface area (Å²) in [7, 11) is 0. The van der Waals surface area contributed by atoms with Gasteiger partial charge in [0, 0.05) is 13.1 Å². The molecule has 0 saturated heterocycles. The molecule has 0 fully saturated rings. The first-order valence-electron chi connectivity index (χ1n) is 6.07. The lowest BCUT2D eigenvalue weighted by Gasteiger charge is -2.12. The number of para-hydroxylation sites is 1. The van der Waals surface area contributed by atoms with Gasteiger partial charge >= 0.3 is 0 Å². The number of carbonyl (C=O) groups excluding carboxylic acids is 2. The van der Waals surface area contributed by atoms with Crippen LogP contribution in [-0.4, -0.2) is 30.1 Å². The summed E-state index contributed by atoms with van der Waals surface area (Å²) >= 11 is 16.9. The SMILES string of the molecule is NCCNC(=S)Nc1c(Cl)cccc1Cl.O=C([O-])/C=C\C(=O)[O-]. The first-order valence-corrected chi connectivity index (χ1v) is 7.23. The maximum Gasteiger partial charge on any atom is 0.170 e. The quantitative estimate of drug-likeness (QED) is 0.452. The van der Waals surface area contributed by atoms with Gasteiger partial charge in [0.2, 0.25) is 0 Å². The number of benzene rings is 1. The summed E-state index contributed by atoms with van der Waals surface area (Å²) in [5, 5.41) is 26.2. The smallest absolute Gasteiger partial charge is 0.170 e. The first kappa shape index (κ1) is 21.1. The molecule has 0 atom stereocenters. The molecule has 0 aliphatic heterocycles. The molecule has 0 unspecified atom stereocenters. The van der Waals surface area contributed by atoms with Crippen LogP contribution < -0.4 is 26.6 Å². The fraction of sp³-hybridized carbons (Fsp3) is 0.154. The van der Waals surface area contributed by atoms with E-state index in [1.807, 2.05) is 0 Å². The van der Waals surface area contributed by atoms with E-state index in [-0.39, 0.29) is 0 Å². The van der Waals surface area contributed by atoms with Crippen LogP contribution in [0.15, 0.2) is 30.4 Å². The third-order valence-electron chi connectivity index (χ3n) is 1.99. The molecule has 1 aromatic rings. The van der Waals surface area contributed by atoms with Crippen molar-refractivity contribution in [3.8, 4) is 0 Å². The second-order valence-electron chi connectivity index (χ2n) is 3.74. The van der Waals surface area contributed by atoms with E-state index in [1.54, 1.807) is 18.2 Å². The summed E-state index contributed by atoms with van der Waals surface area (Å²) in [6.45, 7) is 1.12. The molecule has 10 heteroatoms. The fourth-order valence-electron chi connectivity index (χ4n) is 1.10. The number of nitrogens with two attached hydrogens (primary N) is 1. The van der Waals surface area contributed by atoms with E-state index in [9.17, 15) is 19.8 Å². The number of carboxylic acid groups (broad SMARTS) is 2. The normalized spacial score (nSPS) is 9.70. The van der Waals surface area contributed by atoms with Crippen LogP contribution in [-0.2, 0) is 9.59 Å². The van der Waals surface area contributed by atoms with E-state index in [4.69, 9.17) is 41.2 Å². The Hall–Kier alpha value is -1.87. The molecule has 0 bridgehead atoms. The third kappa shape index (κ3) is 10.5. The van der Waals surface area contributed by atoms with E-state index in [0.717, 1.165) is 0 Å². The zero-order valence-electron chi connectivity index (χ0n) is 11.7. The maximum absolute atomic E-state index is 9.41. The average molecular weight is 378 g/mol. The van der Waals surface area contributed by atoms with Gasteiger partial charge in [0.1, 0.15) is 0 Å². The Bertz CT molecular complexity index is 560. The summed E-state index contributed by atoms with van der Waals surface area (Å²) in [5.41, 5.74) is 5.93. The van der Waals surface area contributed by atoms with Gasteiger partial charge in [0.05, 0.1) is 27.7 Å². The summed E-state index contributed by atoms with van der Waals surface area (Å²) in [6, 6.07) is 5.24. The highest BCUT2D eigenvalue weighted by molar-refractivity contribution is 7.80. The second-order valence-corrected chi connectivity index (χ2v) is 4.96. The Kier molecular flexibility index (Phi) is 10.7. The number of thiocarbonyl (C=S) groups is 1. The van der Waals surface area contributed by atoms with Crippen LogP contribution in [0.2, 0.25) is 10.0 Å². The standard InChI is InChI=1S/C9H11Cl2N3S.C4H4O4/c10-6-2-1-3-7(11)8(6)14-9(15)13-5-4-12;5-3(6)1-2-4(7)8/h1-3H,4-5,12H2,(H2,13,14,15);1-2H,(H,5,6)(H,7,8)/p-2/b;2-1-. The van der Waals surface area contributed by atoms with Crippen LogP contribution in [0.1, 0.15) is 0 Å². The van der Waals surface area contributed by atoms with Crippen LogP contribution in [0.4, 0.5) is 5.69 Å². The minimum Gasteiger partial charge on any atom is -0.545 e. The minimum absolute atomic E-state index is 0.384. The van der Waals surface area contributed by atoms with Crippen LogP contribution in [0.3, 0.4) is 0 Å². The lowest BCUT2D eigenvalue weighted by Crippen LogP contribution is -2.32. The van der Waals surface area contributed by atoms with E-state index in [0.29, 0.717) is 46.1 Å². The Labute approximate surface area is 148 Å². The van der Waals surface area contributed by atoms with Gasteiger partial charge in [-0.3, -0.25) is 0 Å². The van der Waals surface area contributed by atoms with Gasteiger partial charge in [-0.05, 0) is 36.5 Å². The molecule has 0 aliphatic carbocycles. The molecule has 0 amide bonds. The number of carboxylic acids is 2. The Balaban J connectivity index is 0.000000515. The molecule has 7 nitrogen and oxygen atoms in total. The maximum atomic E-state index is 9.41. The van der Waals surface area contributed by atoms with Gasteiger partial charge in [-0.25, -0.2) is 0 Å². The van der Waals surface area contributed by atoms with E-state index in [1.165, 1.54) is 0 Å². The number of halogens is 2. The molecule has 23 heavy (non-hydrogen) atoms. The summed E-state index contributed by atoms with van der Waals surface area (Å²) in [4.78, 5) is 18.8. The number of carbonyl (C=O) groups is 2. The van der Waals surface area contributed by atoms with Crippen molar-refractivity contribution in [1.82, 2.24) is 5.32 Å². The Morgan fingerprint density at radius 1 is 1.17 bits per heavy atom. The van der Waals surface area contributed by atoms with Crippen molar-refractivity contribution in [3.63, 3.8) is 0 Å². The Morgan fingerprint density at radius 3 is 2.04 bits per heavy atom. The highest BCUT2D eigenvalue weighted by Crippen LogP contribution is 2.29. The zero-order chi connectivity index (χ0) is 17.8. The van der Waals surface area contributed by atoms with Crippen LogP contribution >= 0.6 is 35.4 Å². The predicted octanol–water partition coefficient (Wildman–Crippen LogP) is -0.719. The van der Waals surface area contributed by atoms with Crippen LogP contribution in [0, 0.1) is 0 Å². The lowest BCUT2D eigenvalue weighted by atomic mass is 10.3. The van der Waals surface area contributed by atoms with Crippen molar-refractivity contribution in [2.24, 2.45) is 5.73 Å². The monoisotopic (exact) mass is 377 g/mol. The topological polar surface area (TPSA) is 130 Å². The van der Waals surface area contributed by atoms with Crippen molar-refractivity contribution in [3.05, 3.63) is 40.4 Å². The fourth-order valence-corrected chi connectivity index (χ4v) is 1.79. The zero-order valence-corrected chi connectivity index (χ0v) is 14.0. The Morgan fingerprint density at radius 2 is 1.65 bits per heavy atom. The van der Waals surface area contributed by atoms with Gasteiger partial charge in [0.15, 0.2) is 5.11 Å². The number of aliphatic carboxylic acids is 2. The number of nitrogens with one attached hydrogen (secondary N) is 2. The van der Waals surface area contributed by atoms with Gasteiger partial charge < -0.3 is 36.2 Å². The second kappa shape index (κ2) is 11.7. The molecule has 0 aromatic heterocycles. The highest BCUT2D eigenvalue weighted by Gasteiger charge is 2.06. The third-order valence-corrected chi connectivity index (χ3v) is 2.86. The largest absolute Gasteiger partial charge is 0.545 e. The number of rotatable bonds is 5. The highest BCUT2D eigenvalue weighted by atomic mass is 35.5. The van der Waals surface area contributed by atoms with Crippen molar-refractivity contribution >= 4 is 58.2 Å². The van der Waals surface area contributed by atoms with Crippen molar-refractivity contribution in [2.75, 3.05) is 18.4 Å². The molecule has 0 radical (unpaired) electrons. The van der Waals surface area contributed by atoms with E-state index < -0.39 is 11.9 Å². The molecular weight excluding hydrogens is 365 g/mol. The number of hydrogen-bond donors (Lipinski definition) is 3. The summed E-state index contributed by atoms with van der Waals surface area (Å²) < 4.78 is 0. The predicted molar refractivity (Wildman–Crippen MR) is 88.9 cm³/mol. The number of anilines is 1. The van der Waals surface area contributed by atoms with Gasteiger partial charge in [-0.15, -0.1) is 0 Å². The molecular formula is C13H13Cl2N3O4S-2. The van der Waals surface area contributed by atoms with Crippen LogP contribution in [0.5, 0.6) is 0 Å². The molecule has 4 N–H and O–H groups in total. The van der Waals surface area contributed by atoms with Crippen LogP contribution in [0.25, 0.3) is 0 Å². The van der Waals surface area contributed by atoms with E-state index in [2.05, 4.69) is 10.6 Å². The van der Waals surface area contributed by atoms with Crippen molar-refractivity contribution < 1.29 is 19.8 Å². The summed E-state index contributed by atoms with van der Waals surface area (Å²) in [6.07, 6.45) is 0.769. The van der Waals surface area contributed by atoms with Crippen molar-refractivity contribution in [1.29, 1.82) is 0 Å². The number of hydrogen-bond acceptors (Lipinski definition) is 6. The molecule has 0 heterocycles. The minimum atomic E-state index is -1.55. The first-order chi connectivity index (χ1) is 10.8. The van der Waals surface area contributed by atoms with E-state index >= 15 is 0 Å². The molecule has 0 spiro atoms. The molecule has 1 rings (SSSR count). The van der Waals surface area contributed by atoms with Gasteiger partial charge in [0.25, 0.3) is 0 Å². The van der Waals surface area contributed by atoms with Crippen molar-refractivity contribution in [2.45, 2.75) is 0 Å².